The van der Waals surface area contributed by atoms with Crippen LogP contribution in [0.2, 0.25) is 0 Å². The molecule has 0 atom stereocenters. The predicted octanol–water partition coefficient (Wildman–Crippen LogP) is 2.33. The zero-order valence-corrected chi connectivity index (χ0v) is 12.9. The van der Waals surface area contributed by atoms with E-state index in [1.54, 1.807) is 12.1 Å². The Morgan fingerprint density at radius 2 is 1.96 bits per heavy atom. The molecule has 0 saturated carbocycles. The van der Waals surface area contributed by atoms with Crippen LogP contribution in [0.25, 0.3) is 0 Å². The Bertz CT molecular complexity index is 704. The number of halogens is 2. The second kappa shape index (κ2) is 7.78. The number of hydrogen-bond donors (Lipinski definition) is 0. The van der Waals surface area contributed by atoms with Crippen LogP contribution in [0.1, 0.15) is 5.56 Å². The van der Waals surface area contributed by atoms with Crippen LogP contribution in [0, 0.1) is 11.6 Å². The van der Waals surface area contributed by atoms with Crippen molar-refractivity contribution in [3.05, 3.63) is 47.7 Å². The first kappa shape index (κ1) is 16.3. The van der Waals surface area contributed by atoms with E-state index in [1.165, 1.54) is 18.5 Å². The minimum absolute atomic E-state index is 0.00912. The third-order valence-electron chi connectivity index (χ3n) is 3.37. The first-order valence-electron chi connectivity index (χ1n) is 7.46. The molecule has 0 radical (unpaired) electrons. The van der Waals surface area contributed by atoms with Crippen molar-refractivity contribution < 1.29 is 18.3 Å². The average Bonchev–Trinajstić information content (AvgIpc) is 2.62. The molecule has 1 fully saturated rings. The molecule has 24 heavy (non-hydrogen) atoms. The largest absolute Gasteiger partial charge is 0.459 e. The van der Waals surface area contributed by atoms with Gasteiger partial charge >= 0.3 is 6.01 Å². The fourth-order valence-electron chi connectivity index (χ4n) is 2.06. The quantitative estimate of drug-likeness (QED) is 0.620. The first-order valence-corrected chi connectivity index (χ1v) is 7.46. The van der Waals surface area contributed by atoms with Crippen LogP contribution in [0.3, 0.4) is 0 Å². The van der Waals surface area contributed by atoms with Gasteiger partial charge in [-0.25, -0.2) is 18.8 Å². The summed E-state index contributed by atoms with van der Waals surface area (Å²) >= 11 is 0. The lowest BCUT2D eigenvalue weighted by Crippen LogP contribution is -2.35. The summed E-state index contributed by atoms with van der Waals surface area (Å²) in [6, 6.07) is 5.87. The van der Waals surface area contributed by atoms with Crippen molar-refractivity contribution in [2.75, 3.05) is 26.3 Å². The Hall–Kier alpha value is -2.61. The molecule has 2 heterocycles. The fraction of sp³-hybridized carbons (Fsp3) is 0.312. The highest BCUT2D eigenvalue weighted by Crippen LogP contribution is 2.17. The summed E-state index contributed by atoms with van der Waals surface area (Å²) in [4.78, 5) is 13.7. The number of aliphatic imine (C=N–C) groups is 1. The minimum atomic E-state index is -0.631. The van der Waals surface area contributed by atoms with Crippen LogP contribution in [0.4, 0.5) is 14.6 Å². The summed E-state index contributed by atoms with van der Waals surface area (Å²) in [6.45, 7) is 2.78. The maximum Gasteiger partial charge on any atom is 0.318 e. The normalized spacial score (nSPS) is 15.0. The van der Waals surface area contributed by atoms with Gasteiger partial charge in [0.2, 0.25) is 0 Å². The third kappa shape index (κ3) is 4.45. The lowest BCUT2D eigenvalue weighted by molar-refractivity contribution is 0.0701. The minimum Gasteiger partial charge on any atom is -0.459 e. The van der Waals surface area contributed by atoms with Gasteiger partial charge < -0.3 is 14.4 Å². The van der Waals surface area contributed by atoms with Gasteiger partial charge in [0, 0.05) is 13.1 Å². The Balaban J connectivity index is 1.64. The highest BCUT2D eigenvalue weighted by molar-refractivity contribution is 5.60. The number of ether oxygens (including phenoxy) is 2. The SMILES string of the molecule is Fc1ccc(COc2ncc(F)c(N=CN3CCOCC3)n2)cc1. The monoisotopic (exact) mass is 334 g/mol. The molecule has 0 N–H and O–H groups in total. The second-order valence-electron chi connectivity index (χ2n) is 5.13. The topological polar surface area (TPSA) is 59.8 Å². The van der Waals surface area contributed by atoms with E-state index in [0.29, 0.717) is 26.3 Å². The molecule has 0 amide bonds. The van der Waals surface area contributed by atoms with Gasteiger partial charge in [0.05, 0.1) is 25.7 Å². The van der Waals surface area contributed by atoms with Crippen LogP contribution in [-0.4, -0.2) is 47.5 Å². The van der Waals surface area contributed by atoms with Gasteiger partial charge in [0.25, 0.3) is 0 Å². The third-order valence-corrected chi connectivity index (χ3v) is 3.37. The maximum atomic E-state index is 13.8. The van der Waals surface area contributed by atoms with Crippen LogP contribution in [0.15, 0.2) is 35.5 Å². The molecular formula is C16H16F2N4O2. The van der Waals surface area contributed by atoms with E-state index < -0.39 is 5.82 Å². The summed E-state index contributed by atoms with van der Waals surface area (Å²) in [5.74, 6) is -1.05. The molecule has 1 aromatic heterocycles. The molecule has 0 aliphatic carbocycles. The molecular weight excluding hydrogens is 318 g/mol. The number of benzene rings is 1. The summed E-state index contributed by atoms with van der Waals surface area (Å²) in [7, 11) is 0. The van der Waals surface area contributed by atoms with Crippen molar-refractivity contribution in [1.29, 1.82) is 0 Å². The molecule has 1 aliphatic heterocycles. The molecule has 3 rings (SSSR count). The van der Waals surface area contributed by atoms with Gasteiger partial charge in [-0.3, -0.25) is 0 Å². The van der Waals surface area contributed by atoms with Gasteiger partial charge in [-0.05, 0) is 17.7 Å². The van der Waals surface area contributed by atoms with Gasteiger partial charge in [0.1, 0.15) is 12.4 Å². The zero-order chi connectivity index (χ0) is 16.8. The average molecular weight is 334 g/mol. The molecule has 1 aliphatic rings. The standard InChI is InChI=1S/C16H16F2N4O2/c17-13-3-1-12(2-4-13)10-24-16-19-9-14(18)15(21-16)20-11-22-5-7-23-8-6-22/h1-4,9,11H,5-8,10H2. The molecule has 6 nitrogen and oxygen atoms in total. The van der Waals surface area contributed by atoms with E-state index in [4.69, 9.17) is 9.47 Å². The number of rotatable bonds is 5. The van der Waals surface area contributed by atoms with E-state index in [-0.39, 0.29) is 24.3 Å². The van der Waals surface area contributed by atoms with Crippen LogP contribution < -0.4 is 4.74 Å². The summed E-state index contributed by atoms with van der Waals surface area (Å²) in [5.41, 5.74) is 0.752. The Morgan fingerprint density at radius 1 is 1.21 bits per heavy atom. The van der Waals surface area contributed by atoms with Crippen LogP contribution in [0.5, 0.6) is 6.01 Å². The fourth-order valence-corrected chi connectivity index (χ4v) is 2.06. The van der Waals surface area contributed by atoms with Crippen molar-refractivity contribution in [2.24, 2.45) is 4.99 Å². The number of hydrogen-bond acceptors (Lipinski definition) is 5. The summed E-state index contributed by atoms with van der Waals surface area (Å²) < 4.78 is 37.2. The number of nitrogens with zero attached hydrogens (tertiary/aromatic N) is 4. The molecule has 126 valence electrons. The molecule has 0 unspecified atom stereocenters. The van der Waals surface area contributed by atoms with Crippen LogP contribution in [-0.2, 0) is 11.3 Å². The van der Waals surface area contributed by atoms with Gasteiger partial charge in [-0.15, -0.1) is 0 Å². The Morgan fingerprint density at radius 3 is 2.71 bits per heavy atom. The van der Waals surface area contributed by atoms with Crippen molar-refractivity contribution in [3.8, 4) is 6.01 Å². The molecule has 1 saturated heterocycles. The first-order chi connectivity index (χ1) is 11.7. The molecule has 0 bridgehead atoms. The molecule has 2 aromatic rings. The summed E-state index contributed by atoms with van der Waals surface area (Å²) in [5, 5.41) is 0. The van der Waals surface area contributed by atoms with Crippen molar-refractivity contribution in [2.45, 2.75) is 6.61 Å². The number of morpholine rings is 1. The highest BCUT2D eigenvalue weighted by Gasteiger charge is 2.09. The lowest BCUT2D eigenvalue weighted by Gasteiger charge is -2.23. The van der Waals surface area contributed by atoms with Crippen LogP contribution >= 0.6 is 0 Å². The molecule has 1 aromatic carbocycles. The zero-order valence-electron chi connectivity index (χ0n) is 12.9. The summed E-state index contributed by atoms with van der Waals surface area (Å²) in [6.07, 6.45) is 2.55. The van der Waals surface area contributed by atoms with E-state index in [1.807, 2.05) is 4.90 Å². The van der Waals surface area contributed by atoms with Gasteiger partial charge in [0.15, 0.2) is 11.6 Å². The molecule has 0 spiro atoms. The van der Waals surface area contributed by atoms with Crippen molar-refractivity contribution in [1.82, 2.24) is 14.9 Å². The second-order valence-corrected chi connectivity index (χ2v) is 5.13. The van der Waals surface area contributed by atoms with Crippen molar-refractivity contribution in [3.63, 3.8) is 0 Å². The Labute approximate surface area is 137 Å². The highest BCUT2D eigenvalue weighted by atomic mass is 19.1. The van der Waals surface area contributed by atoms with E-state index in [2.05, 4.69) is 15.0 Å². The number of aromatic nitrogens is 2. The predicted molar refractivity (Wildman–Crippen MR) is 83.3 cm³/mol. The van der Waals surface area contributed by atoms with Crippen molar-refractivity contribution >= 4 is 12.2 Å². The van der Waals surface area contributed by atoms with E-state index in [9.17, 15) is 8.78 Å². The molecule has 8 heteroatoms. The lowest BCUT2D eigenvalue weighted by atomic mass is 10.2. The maximum absolute atomic E-state index is 13.8. The smallest absolute Gasteiger partial charge is 0.318 e. The van der Waals surface area contributed by atoms with E-state index >= 15 is 0 Å². The van der Waals surface area contributed by atoms with Gasteiger partial charge in [-0.1, -0.05) is 12.1 Å². The van der Waals surface area contributed by atoms with E-state index in [0.717, 1.165) is 11.8 Å². The Kier molecular flexibility index (Phi) is 5.27. The van der Waals surface area contributed by atoms with Gasteiger partial charge in [-0.2, -0.15) is 4.98 Å².